The average molecular weight is 441 g/mol. The van der Waals surface area contributed by atoms with Gasteiger partial charge >= 0.3 is 0 Å². The number of aryl methyl sites for hydroxylation is 1. The predicted octanol–water partition coefficient (Wildman–Crippen LogP) is 4.12. The first kappa shape index (κ1) is 22.9. The first-order chi connectivity index (χ1) is 15.6. The number of nitrogens with zero attached hydrogens (tertiary/aromatic N) is 2. The molecule has 0 bridgehead atoms. The van der Waals surface area contributed by atoms with Crippen LogP contribution in [-0.2, 0) is 11.2 Å². The molecule has 9 nitrogen and oxygen atoms in total. The van der Waals surface area contributed by atoms with E-state index in [-0.39, 0.29) is 5.91 Å². The molecule has 3 aromatic rings. The van der Waals surface area contributed by atoms with E-state index in [0.29, 0.717) is 60.4 Å². The van der Waals surface area contributed by atoms with Crippen LogP contribution in [0.4, 0.5) is 5.69 Å². The Kier molecular flexibility index (Phi) is 7.91. The first-order valence-electron chi connectivity index (χ1n) is 10.2. The van der Waals surface area contributed by atoms with Crippen LogP contribution in [0.2, 0.25) is 0 Å². The fraction of sp³-hybridized carbons (Fsp3) is 0.348. The van der Waals surface area contributed by atoms with Gasteiger partial charge in [0, 0.05) is 24.1 Å². The second-order valence-corrected chi connectivity index (χ2v) is 6.78. The molecule has 1 aromatic heterocycles. The van der Waals surface area contributed by atoms with E-state index in [0.717, 1.165) is 11.4 Å². The van der Waals surface area contributed by atoms with Gasteiger partial charge in [-0.25, -0.2) is 0 Å². The van der Waals surface area contributed by atoms with Crippen molar-refractivity contribution >= 4 is 11.6 Å². The number of rotatable bonds is 11. The molecule has 32 heavy (non-hydrogen) atoms. The minimum absolute atomic E-state index is 0.0847. The maximum absolute atomic E-state index is 12.2. The molecule has 0 aliphatic carbocycles. The molecule has 9 heteroatoms. The molecule has 0 fully saturated rings. The van der Waals surface area contributed by atoms with E-state index in [9.17, 15) is 4.79 Å². The van der Waals surface area contributed by atoms with E-state index in [1.807, 2.05) is 31.2 Å². The number of nitrogens with one attached hydrogen (secondary N) is 1. The van der Waals surface area contributed by atoms with E-state index in [1.54, 1.807) is 33.5 Å². The molecule has 1 heterocycles. The molecule has 0 radical (unpaired) electrons. The zero-order chi connectivity index (χ0) is 22.9. The molecule has 2 aromatic carbocycles. The molecule has 1 amide bonds. The number of aromatic nitrogens is 2. The third-order valence-corrected chi connectivity index (χ3v) is 4.63. The van der Waals surface area contributed by atoms with Crippen LogP contribution in [0, 0.1) is 0 Å². The van der Waals surface area contributed by atoms with E-state index < -0.39 is 0 Å². The second-order valence-electron chi connectivity index (χ2n) is 6.78. The van der Waals surface area contributed by atoms with Gasteiger partial charge in [-0.15, -0.1) is 0 Å². The van der Waals surface area contributed by atoms with Gasteiger partial charge in [-0.05, 0) is 49.7 Å². The Labute approximate surface area is 186 Å². The van der Waals surface area contributed by atoms with Gasteiger partial charge in [-0.2, -0.15) is 4.98 Å². The summed E-state index contributed by atoms with van der Waals surface area (Å²) in [4.78, 5) is 16.6. The summed E-state index contributed by atoms with van der Waals surface area (Å²) in [6.07, 6.45) is 1.38. The molecular weight excluding hydrogens is 414 g/mol. The number of hydrogen-bond donors (Lipinski definition) is 1. The van der Waals surface area contributed by atoms with Crippen LogP contribution >= 0.6 is 0 Å². The van der Waals surface area contributed by atoms with Gasteiger partial charge in [0.2, 0.25) is 23.4 Å². The zero-order valence-corrected chi connectivity index (χ0v) is 18.6. The molecule has 0 saturated carbocycles. The van der Waals surface area contributed by atoms with Crippen LogP contribution in [0.25, 0.3) is 11.4 Å². The quantitative estimate of drug-likeness (QED) is 0.474. The lowest BCUT2D eigenvalue weighted by Crippen LogP contribution is -2.11. The minimum Gasteiger partial charge on any atom is -0.494 e. The predicted molar refractivity (Wildman–Crippen MR) is 119 cm³/mol. The third kappa shape index (κ3) is 5.69. The van der Waals surface area contributed by atoms with E-state index >= 15 is 0 Å². The van der Waals surface area contributed by atoms with Crippen LogP contribution in [0.3, 0.4) is 0 Å². The molecule has 0 aliphatic rings. The Morgan fingerprint density at radius 3 is 2.31 bits per heavy atom. The number of amides is 1. The Hall–Kier alpha value is -3.75. The standard InChI is InChI=1S/C23H27N3O6/c1-5-31-17-11-9-16(10-12-17)24-20(27)7-6-8-21-25-23(26-32-21)15-13-18(28-2)22(30-4)19(14-15)29-3/h9-14H,5-8H2,1-4H3,(H,24,27). The topological polar surface area (TPSA) is 105 Å². The summed E-state index contributed by atoms with van der Waals surface area (Å²) in [5, 5.41) is 6.90. The highest BCUT2D eigenvalue weighted by atomic mass is 16.5. The van der Waals surface area contributed by atoms with Crippen molar-refractivity contribution < 1.29 is 28.3 Å². The molecule has 1 N–H and O–H groups in total. The fourth-order valence-electron chi connectivity index (χ4n) is 3.11. The summed E-state index contributed by atoms with van der Waals surface area (Å²) in [6.45, 7) is 2.52. The highest BCUT2D eigenvalue weighted by molar-refractivity contribution is 5.90. The van der Waals surface area contributed by atoms with E-state index in [2.05, 4.69) is 15.5 Å². The normalized spacial score (nSPS) is 10.5. The largest absolute Gasteiger partial charge is 0.494 e. The summed E-state index contributed by atoms with van der Waals surface area (Å²) in [7, 11) is 4.63. The van der Waals surface area contributed by atoms with Crippen molar-refractivity contribution in [3.63, 3.8) is 0 Å². The smallest absolute Gasteiger partial charge is 0.226 e. The number of carbonyl (C=O) groups is 1. The van der Waals surface area contributed by atoms with E-state index in [4.69, 9.17) is 23.5 Å². The Balaban J connectivity index is 1.56. The lowest BCUT2D eigenvalue weighted by atomic mass is 10.1. The minimum atomic E-state index is -0.0847. The van der Waals surface area contributed by atoms with Gasteiger partial charge in [-0.3, -0.25) is 4.79 Å². The summed E-state index contributed by atoms with van der Waals surface area (Å²) in [5.41, 5.74) is 1.39. The highest BCUT2D eigenvalue weighted by Gasteiger charge is 2.17. The monoisotopic (exact) mass is 441 g/mol. The highest BCUT2D eigenvalue weighted by Crippen LogP contribution is 2.40. The Morgan fingerprint density at radius 2 is 1.72 bits per heavy atom. The van der Waals surface area contributed by atoms with Gasteiger partial charge < -0.3 is 28.8 Å². The van der Waals surface area contributed by atoms with Crippen LogP contribution in [0.5, 0.6) is 23.0 Å². The summed E-state index contributed by atoms with van der Waals surface area (Å²) in [5.74, 6) is 3.02. The zero-order valence-electron chi connectivity index (χ0n) is 18.6. The van der Waals surface area contributed by atoms with E-state index in [1.165, 1.54) is 0 Å². The fourth-order valence-corrected chi connectivity index (χ4v) is 3.11. The van der Waals surface area contributed by atoms with Gasteiger partial charge in [0.05, 0.1) is 27.9 Å². The van der Waals surface area contributed by atoms with Crippen molar-refractivity contribution in [2.45, 2.75) is 26.2 Å². The maximum atomic E-state index is 12.2. The number of methoxy groups -OCH3 is 3. The summed E-state index contributed by atoms with van der Waals surface area (Å²) < 4.78 is 26.8. The summed E-state index contributed by atoms with van der Waals surface area (Å²) in [6, 6.07) is 10.8. The van der Waals surface area contributed by atoms with Crippen molar-refractivity contribution in [1.82, 2.24) is 10.1 Å². The van der Waals surface area contributed by atoms with Crippen molar-refractivity contribution in [1.29, 1.82) is 0 Å². The Bertz CT molecular complexity index is 1010. The van der Waals surface area contributed by atoms with Crippen LogP contribution in [0.15, 0.2) is 40.9 Å². The molecule has 3 rings (SSSR count). The van der Waals surface area contributed by atoms with Gasteiger partial charge in [0.25, 0.3) is 0 Å². The van der Waals surface area contributed by atoms with Gasteiger partial charge in [-0.1, -0.05) is 5.16 Å². The number of carbonyl (C=O) groups excluding carboxylic acids is 1. The second kappa shape index (κ2) is 11.0. The lowest BCUT2D eigenvalue weighted by molar-refractivity contribution is -0.116. The molecule has 0 spiro atoms. The molecule has 0 atom stereocenters. The number of hydrogen-bond acceptors (Lipinski definition) is 8. The molecular formula is C23H27N3O6. The summed E-state index contributed by atoms with van der Waals surface area (Å²) >= 11 is 0. The molecule has 0 unspecified atom stereocenters. The van der Waals surface area contributed by atoms with Gasteiger partial charge in [0.15, 0.2) is 11.5 Å². The molecule has 170 valence electrons. The molecule has 0 aliphatic heterocycles. The van der Waals surface area contributed by atoms with Crippen molar-refractivity contribution in [2.24, 2.45) is 0 Å². The molecule has 0 saturated heterocycles. The lowest BCUT2D eigenvalue weighted by Gasteiger charge is -2.12. The van der Waals surface area contributed by atoms with Crippen molar-refractivity contribution in [3.05, 3.63) is 42.3 Å². The van der Waals surface area contributed by atoms with Crippen LogP contribution < -0.4 is 24.3 Å². The third-order valence-electron chi connectivity index (χ3n) is 4.63. The number of ether oxygens (including phenoxy) is 4. The number of benzene rings is 2. The Morgan fingerprint density at radius 1 is 1.03 bits per heavy atom. The maximum Gasteiger partial charge on any atom is 0.226 e. The van der Waals surface area contributed by atoms with Crippen LogP contribution in [0.1, 0.15) is 25.7 Å². The van der Waals surface area contributed by atoms with Gasteiger partial charge in [0.1, 0.15) is 5.75 Å². The van der Waals surface area contributed by atoms with Crippen molar-refractivity contribution in [3.8, 4) is 34.4 Å². The SMILES string of the molecule is CCOc1ccc(NC(=O)CCCc2nc(-c3cc(OC)c(OC)c(OC)c3)no2)cc1. The van der Waals surface area contributed by atoms with Crippen LogP contribution in [-0.4, -0.2) is 44.0 Å². The van der Waals surface area contributed by atoms with Crippen molar-refractivity contribution in [2.75, 3.05) is 33.3 Å². The number of anilines is 1. The first-order valence-corrected chi connectivity index (χ1v) is 10.2. The average Bonchev–Trinajstić information content (AvgIpc) is 3.28.